The zero-order chi connectivity index (χ0) is 14.6. The van der Waals surface area contributed by atoms with Crippen LogP contribution < -0.4 is 5.32 Å². The van der Waals surface area contributed by atoms with Gasteiger partial charge in [0.05, 0.1) is 10.9 Å². The Morgan fingerprint density at radius 2 is 1.95 bits per heavy atom. The van der Waals surface area contributed by atoms with E-state index in [0.29, 0.717) is 5.56 Å². The first kappa shape index (κ1) is 15.8. The molecule has 104 valence electrons. The molecule has 1 N–H and O–H groups in total. The molecule has 0 atom stereocenters. The number of Topliss-reactive ketones (excluding diaryl/α,β-unsaturated/α-hetero) is 1. The van der Waals surface area contributed by atoms with Gasteiger partial charge in [-0.25, -0.2) is 4.39 Å². The monoisotopic (exact) mass is 329 g/mol. The highest BCUT2D eigenvalue weighted by Gasteiger charge is 2.20. The van der Waals surface area contributed by atoms with Crippen LogP contribution in [0.4, 0.5) is 4.39 Å². The summed E-state index contributed by atoms with van der Waals surface area (Å²) >= 11 is 3.01. The Bertz CT molecular complexity index is 495. The van der Waals surface area contributed by atoms with Crippen molar-refractivity contribution in [1.82, 2.24) is 5.32 Å². The minimum atomic E-state index is -0.546. The third-order valence-corrected chi connectivity index (χ3v) is 3.10. The summed E-state index contributed by atoms with van der Waals surface area (Å²) in [6.45, 7) is 5.71. The van der Waals surface area contributed by atoms with Crippen LogP contribution in [0.15, 0.2) is 18.2 Å². The number of benzene rings is 1. The molecule has 0 spiro atoms. The number of carbonyl (C=O) groups excluding carboxylic acids is 2. The number of rotatable bonds is 4. The van der Waals surface area contributed by atoms with Gasteiger partial charge in [0.1, 0.15) is 5.82 Å². The second-order valence-electron chi connectivity index (χ2n) is 5.30. The van der Waals surface area contributed by atoms with Gasteiger partial charge in [-0.3, -0.25) is 9.59 Å². The van der Waals surface area contributed by atoms with Crippen LogP contribution in [0.2, 0.25) is 0 Å². The Morgan fingerprint density at radius 1 is 1.32 bits per heavy atom. The highest BCUT2D eigenvalue weighted by atomic mass is 79.9. The number of amides is 1. The van der Waals surface area contributed by atoms with Crippen LogP contribution in [0.5, 0.6) is 0 Å². The Labute approximate surface area is 120 Å². The lowest BCUT2D eigenvalue weighted by Crippen LogP contribution is -2.34. The minimum Gasteiger partial charge on any atom is -0.352 e. The number of carbonyl (C=O) groups is 2. The van der Waals surface area contributed by atoms with Gasteiger partial charge >= 0.3 is 0 Å². The van der Waals surface area contributed by atoms with E-state index in [1.165, 1.54) is 12.1 Å². The van der Waals surface area contributed by atoms with Gasteiger partial charge in [0.2, 0.25) is 5.91 Å². The second-order valence-corrected chi connectivity index (χ2v) is 5.86. The first-order chi connectivity index (χ1) is 8.75. The smallest absolute Gasteiger partial charge is 0.225 e. The van der Waals surface area contributed by atoms with Crippen LogP contribution in [-0.4, -0.2) is 17.0 Å². The fraction of sp³-hybridized carbons (Fsp3) is 0.429. The molecule has 0 bridgehead atoms. The van der Waals surface area contributed by atoms with Crippen LogP contribution in [0, 0.1) is 11.2 Å². The minimum absolute atomic E-state index is 0.0411. The third kappa shape index (κ3) is 4.42. The molecule has 0 aliphatic carbocycles. The summed E-state index contributed by atoms with van der Waals surface area (Å²) in [5.41, 5.74) is 0.261. The number of ketones is 1. The molecule has 1 amide bonds. The lowest BCUT2D eigenvalue weighted by Gasteiger charge is -2.17. The van der Waals surface area contributed by atoms with E-state index in [0.717, 1.165) is 0 Å². The Hall–Kier alpha value is -1.23. The van der Waals surface area contributed by atoms with Gasteiger partial charge in [-0.15, -0.1) is 0 Å². The van der Waals surface area contributed by atoms with Gasteiger partial charge < -0.3 is 5.32 Å². The summed E-state index contributed by atoms with van der Waals surface area (Å²) in [6.07, 6.45) is 0. The van der Waals surface area contributed by atoms with E-state index in [9.17, 15) is 14.0 Å². The first-order valence-corrected chi connectivity index (χ1v) is 7.03. The largest absolute Gasteiger partial charge is 0.352 e. The summed E-state index contributed by atoms with van der Waals surface area (Å²) in [6, 6.07) is 4.28. The zero-order valence-electron chi connectivity index (χ0n) is 11.2. The molecule has 1 rings (SSSR count). The zero-order valence-corrected chi connectivity index (χ0v) is 12.8. The summed E-state index contributed by atoms with van der Waals surface area (Å²) in [5.74, 6) is -0.956. The number of halogens is 2. The van der Waals surface area contributed by atoms with Crippen molar-refractivity contribution in [3.8, 4) is 0 Å². The normalized spacial score (nSPS) is 11.2. The quantitative estimate of drug-likeness (QED) is 0.681. The van der Waals surface area contributed by atoms with Crippen molar-refractivity contribution in [2.45, 2.75) is 27.3 Å². The predicted molar refractivity (Wildman–Crippen MR) is 75.8 cm³/mol. The number of hydrogen-bond acceptors (Lipinski definition) is 2. The van der Waals surface area contributed by atoms with Gasteiger partial charge in [0.15, 0.2) is 5.78 Å². The molecule has 0 radical (unpaired) electrons. The lowest BCUT2D eigenvalue weighted by molar-refractivity contribution is -0.128. The highest BCUT2D eigenvalue weighted by Crippen LogP contribution is 2.15. The molecule has 0 saturated heterocycles. The van der Waals surface area contributed by atoms with Crippen molar-refractivity contribution >= 4 is 27.6 Å². The first-order valence-electron chi connectivity index (χ1n) is 5.91. The van der Waals surface area contributed by atoms with Crippen molar-refractivity contribution < 1.29 is 14.0 Å². The summed E-state index contributed by atoms with van der Waals surface area (Å²) in [5, 5.41) is 2.83. The maximum absolute atomic E-state index is 13.5. The van der Waals surface area contributed by atoms with Crippen molar-refractivity contribution in [2.75, 3.05) is 5.33 Å². The van der Waals surface area contributed by atoms with Gasteiger partial charge in [-0.05, 0) is 17.7 Å². The van der Waals surface area contributed by atoms with Gasteiger partial charge in [-0.2, -0.15) is 0 Å². The fourth-order valence-corrected chi connectivity index (χ4v) is 1.72. The molecule has 0 aromatic heterocycles. The third-order valence-electron chi connectivity index (χ3n) is 2.59. The topological polar surface area (TPSA) is 46.2 Å². The molecule has 3 nitrogen and oxygen atoms in total. The maximum Gasteiger partial charge on any atom is 0.225 e. The number of nitrogens with one attached hydrogen (secondary N) is 1. The van der Waals surface area contributed by atoms with E-state index in [1.54, 1.807) is 6.07 Å². The molecule has 1 aromatic rings. The molecule has 0 fully saturated rings. The molecule has 0 aliphatic rings. The number of hydrogen-bond donors (Lipinski definition) is 1. The van der Waals surface area contributed by atoms with Gasteiger partial charge in [0, 0.05) is 12.0 Å². The van der Waals surface area contributed by atoms with E-state index >= 15 is 0 Å². The Kier molecular flexibility index (Phi) is 5.23. The van der Waals surface area contributed by atoms with E-state index in [4.69, 9.17) is 0 Å². The highest BCUT2D eigenvalue weighted by molar-refractivity contribution is 9.09. The van der Waals surface area contributed by atoms with Crippen LogP contribution >= 0.6 is 15.9 Å². The van der Waals surface area contributed by atoms with E-state index in [1.807, 2.05) is 20.8 Å². The average Bonchev–Trinajstić information content (AvgIpc) is 2.35. The summed E-state index contributed by atoms with van der Waals surface area (Å²) < 4.78 is 13.5. The molecule has 0 unspecified atom stereocenters. The van der Waals surface area contributed by atoms with Crippen molar-refractivity contribution in [2.24, 2.45) is 5.41 Å². The molecular weight excluding hydrogens is 313 g/mol. The van der Waals surface area contributed by atoms with Gasteiger partial charge in [-0.1, -0.05) is 42.8 Å². The van der Waals surface area contributed by atoms with E-state index < -0.39 is 11.2 Å². The molecule has 1 aromatic carbocycles. The Morgan fingerprint density at radius 3 is 2.47 bits per heavy atom. The standard InChI is InChI=1S/C14H17BrFNO2/c1-14(2,3)13(19)17-8-9-4-5-11(16)10(6-9)12(18)7-15/h4-6H,7-8H2,1-3H3,(H,17,19). The van der Waals surface area contributed by atoms with E-state index in [-0.39, 0.29) is 29.1 Å². The molecule has 0 heterocycles. The van der Waals surface area contributed by atoms with Crippen molar-refractivity contribution in [1.29, 1.82) is 0 Å². The van der Waals surface area contributed by atoms with Gasteiger partial charge in [0.25, 0.3) is 0 Å². The van der Waals surface area contributed by atoms with E-state index in [2.05, 4.69) is 21.2 Å². The Balaban J connectivity index is 2.81. The molecule has 0 aliphatic heterocycles. The molecule has 0 saturated carbocycles. The summed E-state index contributed by atoms with van der Waals surface area (Å²) in [7, 11) is 0. The van der Waals surface area contributed by atoms with Crippen LogP contribution in [-0.2, 0) is 11.3 Å². The van der Waals surface area contributed by atoms with Crippen molar-refractivity contribution in [3.05, 3.63) is 35.1 Å². The average molecular weight is 330 g/mol. The van der Waals surface area contributed by atoms with Crippen LogP contribution in [0.1, 0.15) is 36.7 Å². The van der Waals surface area contributed by atoms with Crippen LogP contribution in [0.25, 0.3) is 0 Å². The fourth-order valence-electron chi connectivity index (χ4n) is 1.42. The SMILES string of the molecule is CC(C)(C)C(=O)NCc1ccc(F)c(C(=O)CBr)c1. The maximum atomic E-state index is 13.5. The predicted octanol–water partition coefficient (Wildman–Crippen LogP) is 3.07. The summed E-state index contributed by atoms with van der Waals surface area (Å²) in [4.78, 5) is 23.2. The lowest BCUT2D eigenvalue weighted by atomic mass is 9.95. The molecule has 5 heteroatoms. The van der Waals surface area contributed by atoms with Crippen LogP contribution in [0.3, 0.4) is 0 Å². The number of alkyl halides is 1. The molecule has 19 heavy (non-hydrogen) atoms. The second kappa shape index (κ2) is 6.28. The van der Waals surface area contributed by atoms with Crippen molar-refractivity contribution in [3.63, 3.8) is 0 Å². The molecular formula is C14H17BrFNO2.